The molecule has 0 saturated carbocycles. The fourth-order valence-corrected chi connectivity index (χ4v) is 3.99. The van der Waals surface area contributed by atoms with Crippen LogP contribution in [-0.2, 0) is 0 Å². The van der Waals surface area contributed by atoms with Crippen LogP contribution < -0.4 is 10.3 Å². The van der Waals surface area contributed by atoms with E-state index in [0.29, 0.717) is 44.6 Å². The van der Waals surface area contributed by atoms with Crippen molar-refractivity contribution in [2.75, 3.05) is 7.11 Å². The lowest BCUT2D eigenvalue weighted by atomic mass is 10.1. The lowest BCUT2D eigenvalue weighted by molar-refractivity contribution is 0.412. The van der Waals surface area contributed by atoms with Crippen molar-refractivity contribution in [1.29, 1.82) is 0 Å². The van der Waals surface area contributed by atoms with Crippen molar-refractivity contribution in [2.45, 2.75) is 6.92 Å². The number of hydrogen-bond donors (Lipinski definition) is 0. The topological polar surface area (TPSA) is 68.8 Å². The first-order valence-electron chi connectivity index (χ1n) is 11.0. The molecular weight excluding hydrogens is 460 g/mol. The average molecular weight is 481 g/mol. The van der Waals surface area contributed by atoms with Gasteiger partial charge < -0.3 is 4.74 Å². The van der Waals surface area contributed by atoms with Gasteiger partial charge in [0.2, 0.25) is 0 Å². The Bertz CT molecular complexity index is 1630. The lowest BCUT2D eigenvalue weighted by Gasteiger charge is -2.16. The Morgan fingerprint density at radius 1 is 0.857 bits per heavy atom. The summed E-state index contributed by atoms with van der Waals surface area (Å²) in [6.45, 7) is 1.93. The highest BCUT2D eigenvalue weighted by Gasteiger charge is 2.17. The number of aryl methyl sites for hydroxylation is 1. The maximum atomic E-state index is 13.9. The van der Waals surface area contributed by atoms with Crippen molar-refractivity contribution in [3.8, 4) is 22.8 Å². The van der Waals surface area contributed by atoms with Crippen LogP contribution in [0.1, 0.15) is 5.56 Å². The SMILES string of the molecule is COc1ccccc1-n1c(-c2ccccc2)nc2ccc(N=Nc3ccc(C)c(Cl)c3)cc2c1=O. The molecule has 0 spiro atoms. The van der Waals surface area contributed by atoms with Gasteiger partial charge in [0.1, 0.15) is 11.6 Å². The van der Waals surface area contributed by atoms with Crippen molar-refractivity contribution in [3.05, 3.63) is 112 Å². The lowest BCUT2D eigenvalue weighted by Crippen LogP contribution is -2.22. The van der Waals surface area contributed by atoms with Gasteiger partial charge in [-0.1, -0.05) is 60.1 Å². The number of benzene rings is 4. The van der Waals surface area contributed by atoms with Crippen LogP contribution >= 0.6 is 11.6 Å². The van der Waals surface area contributed by atoms with Gasteiger partial charge in [-0.3, -0.25) is 9.36 Å². The summed E-state index contributed by atoms with van der Waals surface area (Å²) in [7, 11) is 1.58. The molecule has 0 aliphatic rings. The molecule has 6 nitrogen and oxygen atoms in total. The van der Waals surface area contributed by atoms with E-state index in [9.17, 15) is 4.79 Å². The molecule has 0 unspecified atom stereocenters. The molecule has 0 aliphatic heterocycles. The molecule has 1 heterocycles. The number of hydrogen-bond acceptors (Lipinski definition) is 5. The van der Waals surface area contributed by atoms with Crippen molar-refractivity contribution >= 4 is 33.9 Å². The molecule has 0 atom stereocenters. The quantitative estimate of drug-likeness (QED) is 0.245. The fourth-order valence-electron chi connectivity index (χ4n) is 3.81. The summed E-state index contributed by atoms with van der Waals surface area (Å²) >= 11 is 6.20. The molecule has 0 saturated heterocycles. The summed E-state index contributed by atoms with van der Waals surface area (Å²) < 4.78 is 7.14. The van der Waals surface area contributed by atoms with Crippen LogP contribution in [0.5, 0.6) is 5.75 Å². The van der Waals surface area contributed by atoms with Gasteiger partial charge in [-0.15, -0.1) is 0 Å². The smallest absolute Gasteiger partial charge is 0.266 e. The third-order valence-electron chi connectivity index (χ3n) is 5.65. The second-order valence-corrected chi connectivity index (χ2v) is 8.36. The molecule has 0 radical (unpaired) electrons. The Labute approximate surface area is 207 Å². The zero-order valence-corrected chi connectivity index (χ0v) is 19.9. The van der Waals surface area contributed by atoms with Crippen LogP contribution in [-0.4, -0.2) is 16.7 Å². The molecule has 5 rings (SSSR count). The summed E-state index contributed by atoms with van der Waals surface area (Å²) in [6.07, 6.45) is 0. The maximum Gasteiger partial charge on any atom is 0.266 e. The van der Waals surface area contributed by atoms with E-state index in [0.717, 1.165) is 11.1 Å². The van der Waals surface area contributed by atoms with E-state index < -0.39 is 0 Å². The summed E-state index contributed by atoms with van der Waals surface area (Å²) in [6, 6.07) is 27.7. The van der Waals surface area contributed by atoms with E-state index in [1.54, 1.807) is 35.9 Å². The second-order valence-electron chi connectivity index (χ2n) is 7.95. The number of ether oxygens (including phenoxy) is 1. The molecule has 172 valence electrons. The van der Waals surface area contributed by atoms with Gasteiger partial charge >= 0.3 is 0 Å². The first kappa shape index (κ1) is 22.5. The number of aromatic nitrogens is 2. The Kier molecular flexibility index (Phi) is 6.12. The molecule has 0 N–H and O–H groups in total. The van der Waals surface area contributed by atoms with Crippen LogP contribution in [0, 0.1) is 6.92 Å². The van der Waals surface area contributed by atoms with E-state index in [1.807, 2.05) is 73.7 Å². The molecule has 4 aromatic carbocycles. The van der Waals surface area contributed by atoms with Gasteiger partial charge in [-0.05, 0) is 55.0 Å². The van der Waals surface area contributed by atoms with Crippen molar-refractivity contribution in [3.63, 3.8) is 0 Å². The van der Waals surface area contributed by atoms with E-state index >= 15 is 0 Å². The summed E-state index contributed by atoms with van der Waals surface area (Å²) in [4.78, 5) is 18.7. The predicted molar refractivity (Wildman–Crippen MR) is 140 cm³/mol. The third-order valence-corrected chi connectivity index (χ3v) is 6.05. The highest BCUT2D eigenvalue weighted by molar-refractivity contribution is 6.31. The van der Waals surface area contributed by atoms with Gasteiger partial charge in [-0.25, -0.2) is 4.98 Å². The van der Waals surface area contributed by atoms with E-state index in [-0.39, 0.29) is 5.56 Å². The monoisotopic (exact) mass is 480 g/mol. The zero-order chi connectivity index (χ0) is 24.4. The normalized spacial score (nSPS) is 11.3. The third kappa shape index (κ3) is 4.44. The number of rotatable bonds is 5. The standard InChI is InChI=1S/C28H21ClN4O2/c1-18-12-13-21(17-23(18)29)32-31-20-14-15-24-22(16-20)28(34)33(25-10-6-7-11-26(25)35-2)27(30-24)19-8-4-3-5-9-19/h3-17H,1-2H3. The number of para-hydroxylation sites is 2. The van der Waals surface area contributed by atoms with E-state index in [1.165, 1.54) is 0 Å². The van der Waals surface area contributed by atoms with Crippen LogP contribution in [0.25, 0.3) is 28.0 Å². The van der Waals surface area contributed by atoms with E-state index in [2.05, 4.69) is 10.2 Å². The Morgan fingerprint density at radius 2 is 1.54 bits per heavy atom. The van der Waals surface area contributed by atoms with Crippen molar-refractivity contribution in [2.24, 2.45) is 10.2 Å². The second kappa shape index (κ2) is 9.52. The Hall–Kier alpha value is -4.29. The predicted octanol–water partition coefficient (Wildman–Crippen LogP) is 7.44. The highest BCUT2D eigenvalue weighted by atomic mass is 35.5. The van der Waals surface area contributed by atoms with Crippen LogP contribution in [0.3, 0.4) is 0 Å². The molecule has 0 bridgehead atoms. The molecule has 0 amide bonds. The zero-order valence-electron chi connectivity index (χ0n) is 19.1. The summed E-state index contributed by atoms with van der Waals surface area (Å²) in [5, 5.41) is 9.65. The molecule has 5 aromatic rings. The van der Waals surface area contributed by atoms with Crippen molar-refractivity contribution in [1.82, 2.24) is 9.55 Å². The van der Waals surface area contributed by atoms with Gasteiger partial charge in [0.15, 0.2) is 0 Å². The molecule has 1 aromatic heterocycles. The summed E-state index contributed by atoms with van der Waals surface area (Å²) in [5.74, 6) is 1.09. The Balaban J connectivity index is 1.70. The number of azo groups is 1. The molecule has 7 heteroatoms. The van der Waals surface area contributed by atoms with Gasteiger partial charge in [0, 0.05) is 10.6 Å². The maximum absolute atomic E-state index is 13.9. The number of methoxy groups -OCH3 is 1. The van der Waals surface area contributed by atoms with Crippen LogP contribution in [0.15, 0.2) is 106 Å². The summed E-state index contributed by atoms with van der Waals surface area (Å²) in [5.41, 5.74) is 3.89. The molecule has 35 heavy (non-hydrogen) atoms. The minimum Gasteiger partial charge on any atom is -0.495 e. The minimum absolute atomic E-state index is 0.228. The first-order chi connectivity index (χ1) is 17.0. The number of halogens is 1. The largest absolute Gasteiger partial charge is 0.495 e. The Morgan fingerprint density at radius 3 is 2.29 bits per heavy atom. The van der Waals surface area contributed by atoms with Crippen LogP contribution in [0.4, 0.5) is 11.4 Å². The number of nitrogens with zero attached hydrogens (tertiary/aromatic N) is 4. The van der Waals surface area contributed by atoms with Gasteiger partial charge in [0.05, 0.1) is 35.1 Å². The average Bonchev–Trinajstić information content (AvgIpc) is 2.90. The van der Waals surface area contributed by atoms with Gasteiger partial charge in [0.25, 0.3) is 5.56 Å². The first-order valence-corrected chi connectivity index (χ1v) is 11.4. The highest BCUT2D eigenvalue weighted by Crippen LogP contribution is 2.29. The number of fused-ring (bicyclic) bond motifs is 1. The molecule has 0 fully saturated rings. The fraction of sp³-hybridized carbons (Fsp3) is 0.0714. The van der Waals surface area contributed by atoms with E-state index in [4.69, 9.17) is 21.3 Å². The molecular formula is C28H21ClN4O2. The van der Waals surface area contributed by atoms with Crippen LogP contribution in [0.2, 0.25) is 5.02 Å². The van der Waals surface area contributed by atoms with Crippen molar-refractivity contribution < 1.29 is 4.74 Å². The van der Waals surface area contributed by atoms with Gasteiger partial charge in [-0.2, -0.15) is 10.2 Å². The minimum atomic E-state index is -0.228. The molecule has 0 aliphatic carbocycles.